The summed E-state index contributed by atoms with van der Waals surface area (Å²) >= 11 is 0. The number of rotatable bonds is 4. The van der Waals surface area contributed by atoms with Gasteiger partial charge in [0, 0.05) is 49.1 Å². The largest absolute Gasteiger partial charge is 0.354 e. The van der Waals surface area contributed by atoms with Gasteiger partial charge in [-0.25, -0.2) is 4.98 Å². The molecule has 1 aliphatic heterocycles. The van der Waals surface area contributed by atoms with Crippen molar-refractivity contribution in [2.24, 2.45) is 5.92 Å². The molecule has 2 saturated carbocycles. The molecule has 4 nitrogen and oxygen atoms in total. The molecule has 2 aromatic rings. The first-order valence-electron chi connectivity index (χ1n) is 9.22. The lowest BCUT2D eigenvalue weighted by atomic mass is 10.0. The number of benzene rings is 1. The molecule has 1 aromatic heterocycles. The van der Waals surface area contributed by atoms with Crippen LogP contribution in [0, 0.1) is 5.92 Å². The van der Waals surface area contributed by atoms with Gasteiger partial charge in [0.1, 0.15) is 5.82 Å². The Morgan fingerprint density at radius 3 is 2.40 bits per heavy atom. The van der Waals surface area contributed by atoms with E-state index in [2.05, 4.69) is 21.9 Å². The van der Waals surface area contributed by atoms with Gasteiger partial charge in [-0.1, -0.05) is 0 Å². The van der Waals surface area contributed by atoms with Crippen LogP contribution < -0.4 is 4.90 Å². The van der Waals surface area contributed by atoms with E-state index in [1.165, 1.54) is 12.8 Å². The summed E-state index contributed by atoms with van der Waals surface area (Å²) in [6, 6.07) is 11.1. The van der Waals surface area contributed by atoms with E-state index in [1.54, 1.807) is 0 Å². The van der Waals surface area contributed by atoms with Crippen molar-refractivity contribution in [1.29, 1.82) is 0 Å². The zero-order chi connectivity index (χ0) is 16.1. The molecule has 0 radical (unpaired) electrons. The van der Waals surface area contributed by atoms with Crippen molar-refractivity contribution in [3.8, 4) is 0 Å². The molecule has 0 N–H and O–H groups in total. The van der Waals surface area contributed by atoms with Crippen LogP contribution in [0.1, 0.15) is 36.0 Å². The minimum Gasteiger partial charge on any atom is -0.354 e. The lowest BCUT2D eigenvalue weighted by Gasteiger charge is -2.35. The number of nitrogens with zero attached hydrogens (tertiary/aromatic N) is 3. The maximum Gasteiger partial charge on any atom is 0.165 e. The predicted octanol–water partition coefficient (Wildman–Crippen LogP) is 3.53. The van der Waals surface area contributed by atoms with Gasteiger partial charge in [-0.15, -0.1) is 12.4 Å². The average molecular weight is 358 g/mol. The third kappa shape index (κ3) is 3.38. The second kappa shape index (κ2) is 6.58. The number of aromatic nitrogens is 1. The Balaban J connectivity index is 0.00000157. The van der Waals surface area contributed by atoms with Crippen LogP contribution in [0.25, 0.3) is 10.9 Å². The summed E-state index contributed by atoms with van der Waals surface area (Å²) in [7, 11) is 0. The van der Waals surface area contributed by atoms with Crippen molar-refractivity contribution in [3.05, 3.63) is 35.9 Å². The minimum absolute atomic E-state index is 0. The Hall–Kier alpha value is -1.65. The molecule has 25 heavy (non-hydrogen) atoms. The van der Waals surface area contributed by atoms with Crippen molar-refractivity contribution < 1.29 is 4.79 Å². The number of carbonyl (C=O) groups excluding carboxylic acids is 1. The number of Topliss-reactive ketones (excluding diaryl/α,β-unsaturated/α-hetero) is 1. The van der Waals surface area contributed by atoms with Crippen molar-refractivity contribution in [1.82, 2.24) is 9.88 Å². The van der Waals surface area contributed by atoms with Gasteiger partial charge in [-0.05, 0) is 56.0 Å². The Kier molecular flexibility index (Phi) is 4.42. The third-order valence-electron chi connectivity index (χ3n) is 5.61. The summed E-state index contributed by atoms with van der Waals surface area (Å²) in [5.74, 6) is 1.65. The fourth-order valence-electron chi connectivity index (χ4n) is 3.78. The van der Waals surface area contributed by atoms with Crippen LogP contribution in [0.2, 0.25) is 0 Å². The van der Waals surface area contributed by atoms with Gasteiger partial charge in [-0.2, -0.15) is 0 Å². The van der Waals surface area contributed by atoms with Crippen LogP contribution in [0.15, 0.2) is 30.3 Å². The first kappa shape index (κ1) is 16.8. The molecule has 0 spiro atoms. The monoisotopic (exact) mass is 357 g/mol. The molecule has 2 heterocycles. The average Bonchev–Trinajstić information content (AvgIpc) is 3.52. The van der Waals surface area contributed by atoms with Crippen molar-refractivity contribution in [2.75, 3.05) is 31.1 Å². The summed E-state index contributed by atoms with van der Waals surface area (Å²) < 4.78 is 0. The van der Waals surface area contributed by atoms with Gasteiger partial charge >= 0.3 is 0 Å². The molecule has 0 unspecified atom stereocenters. The lowest BCUT2D eigenvalue weighted by molar-refractivity contribution is 0.0968. The van der Waals surface area contributed by atoms with E-state index in [-0.39, 0.29) is 18.3 Å². The molecule has 5 heteroatoms. The predicted molar refractivity (Wildman–Crippen MR) is 103 cm³/mol. The fraction of sp³-hybridized carbons (Fsp3) is 0.500. The smallest absolute Gasteiger partial charge is 0.165 e. The van der Waals surface area contributed by atoms with Crippen LogP contribution >= 0.6 is 12.4 Å². The van der Waals surface area contributed by atoms with Crippen LogP contribution in [-0.4, -0.2) is 47.9 Å². The Morgan fingerprint density at radius 2 is 1.72 bits per heavy atom. The van der Waals surface area contributed by atoms with E-state index < -0.39 is 0 Å². The van der Waals surface area contributed by atoms with Crippen molar-refractivity contribution >= 4 is 34.9 Å². The van der Waals surface area contributed by atoms with E-state index in [0.717, 1.165) is 67.3 Å². The van der Waals surface area contributed by atoms with Gasteiger partial charge < -0.3 is 4.90 Å². The van der Waals surface area contributed by atoms with Crippen LogP contribution in [0.3, 0.4) is 0 Å². The molecule has 1 saturated heterocycles. The van der Waals surface area contributed by atoms with Crippen molar-refractivity contribution in [2.45, 2.75) is 31.7 Å². The number of halogens is 1. The standard InChI is InChI=1S/C20H23N3O.ClH/c24-20(14-1-2-14)16-3-7-18-15(13-16)4-8-19(21-18)23-11-9-22(10-12-23)17-5-6-17;/h3-4,7-8,13-14,17H,1-2,5-6,9-12H2;1H. The van der Waals surface area contributed by atoms with Crippen LogP contribution in [0.5, 0.6) is 0 Å². The second-order valence-electron chi connectivity index (χ2n) is 7.47. The number of pyridine rings is 1. The quantitative estimate of drug-likeness (QED) is 0.784. The highest BCUT2D eigenvalue weighted by atomic mass is 35.5. The number of carbonyl (C=O) groups is 1. The van der Waals surface area contributed by atoms with E-state index in [0.29, 0.717) is 5.78 Å². The van der Waals surface area contributed by atoms with E-state index >= 15 is 0 Å². The summed E-state index contributed by atoms with van der Waals surface area (Å²) in [6.45, 7) is 4.43. The molecular weight excluding hydrogens is 334 g/mol. The highest BCUT2D eigenvalue weighted by Gasteiger charge is 2.32. The molecule has 0 amide bonds. The summed E-state index contributed by atoms with van der Waals surface area (Å²) in [6.07, 6.45) is 4.88. The zero-order valence-corrected chi connectivity index (χ0v) is 15.2. The summed E-state index contributed by atoms with van der Waals surface area (Å²) in [4.78, 5) is 22.1. The maximum atomic E-state index is 12.2. The van der Waals surface area contributed by atoms with E-state index in [1.807, 2.05) is 18.2 Å². The minimum atomic E-state index is 0. The third-order valence-corrected chi connectivity index (χ3v) is 5.61. The van der Waals surface area contributed by atoms with Crippen molar-refractivity contribution in [3.63, 3.8) is 0 Å². The molecule has 5 rings (SSSR count). The molecule has 1 aromatic carbocycles. The van der Waals surface area contributed by atoms with E-state index in [9.17, 15) is 4.79 Å². The lowest BCUT2D eigenvalue weighted by Crippen LogP contribution is -2.47. The molecule has 0 atom stereocenters. The summed E-state index contributed by atoms with van der Waals surface area (Å²) in [5, 5.41) is 1.07. The molecule has 3 aliphatic rings. The normalized spacial score (nSPS) is 21.2. The summed E-state index contributed by atoms with van der Waals surface area (Å²) in [5.41, 5.74) is 1.84. The molecule has 132 valence electrons. The first-order valence-corrected chi connectivity index (χ1v) is 9.22. The first-order chi connectivity index (χ1) is 11.8. The van der Waals surface area contributed by atoms with Crippen LogP contribution in [-0.2, 0) is 0 Å². The Morgan fingerprint density at radius 1 is 0.960 bits per heavy atom. The SMILES string of the molecule is Cl.O=C(c1ccc2nc(N3CCN(C4CC4)CC3)ccc2c1)C1CC1. The highest BCUT2D eigenvalue weighted by molar-refractivity contribution is 6.02. The van der Waals surface area contributed by atoms with Crippen LogP contribution in [0.4, 0.5) is 5.82 Å². The maximum absolute atomic E-state index is 12.2. The number of anilines is 1. The van der Waals surface area contributed by atoms with Gasteiger partial charge in [0.25, 0.3) is 0 Å². The number of fused-ring (bicyclic) bond motifs is 1. The van der Waals surface area contributed by atoms with Gasteiger partial charge in [0.15, 0.2) is 5.78 Å². The molecule has 0 bridgehead atoms. The fourth-order valence-corrected chi connectivity index (χ4v) is 3.78. The zero-order valence-electron chi connectivity index (χ0n) is 14.4. The topological polar surface area (TPSA) is 36.4 Å². The molecule has 3 fully saturated rings. The van der Waals surface area contributed by atoms with Gasteiger partial charge in [0.2, 0.25) is 0 Å². The Bertz CT molecular complexity index is 793. The number of hydrogen-bond donors (Lipinski definition) is 0. The molecular formula is C20H24ClN3O. The Labute approximate surface area is 154 Å². The van der Waals surface area contributed by atoms with Gasteiger partial charge in [0.05, 0.1) is 5.52 Å². The van der Waals surface area contributed by atoms with Gasteiger partial charge in [-0.3, -0.25) is 9.69 Å². The highest BCUT2D eigenvalue weighted by Crippen LogP contribution is 2.33. The number of piperazine rings is 1. The number of hydrogen-bond acceptors (Lipinski definition) is 4. The molecule has 2 aliphatic carbocycles. The number of ketones is 1. The second-order valence-corrected chi connectivity index (χ2v) is 7.47. The van der Waals surface area contributed by atoms with E-state index in [4.69, 9.17) is 4.98 Å².